The molecule has 0 saturated carbocycles. The van der Waals surface area contributed by atoms with E-state index in [-0.39, 0.29) is 12.3 Å². The fourth-order valence-electron chi connectivity index (χ4n) is 2.50. The second-order valence-electron chi connectivity index (χ2n) is 6.56. The highest BCUT2D eigenvalue weighted by molar-refractivity contribution is 5.68. The molecule has 122 valence electrons. The number of ether oxygens (including phenoxy) is 2. The van der Waals surface area contributed by atoms with Crippen molar-refractivity contribution < 1.29 is 14.3 Å². The van der Waals surface area contributed by atoms with E-state index in [1.807, 2.05) is 45.0 Å². The summed E-state index contributed by atoms with van der Waals surface area (Å²) in [6.07, 6.45) is 1.75. The summed E-state index contributed by atoms with van der Waals surface area (Å²) >= 11 is 0. The number of nitrogens with one attached hydrogen (secondary N) is 1. The first-order valence-corrected chi connectivity index (χ1v) is 7.75. The number of methoxy groups -OCH3 is 1. The van der Waals surface area contributed by atoms with Gasteiger partial charge < -0.3 is 9.47 Å². The zero-order chi connectivity index (χ0) is 16.2. The molecule has 0 radical (unpaired) electrons. The summed E-state index contributed by atoms with van der Waals surface area (Å²) in [5.74, 6) is 0.847. The van der Waals surface area contributed by atoms with E-state index < -0.39 is 5.60 Å². The minimum atomic E-state index is -0.458. The van der Waals surface area contributed by atoms with Gasteiger partial charge in [-0.25, -0.2) is 4.79 Å². The molecule has 1 aromatic rings. The standard InChI is InChI=1S/C17H26N2O3/c1-17(2,3)22-16(20)19-11-5-6-15(19)18-12-13-7-9-14(21-4)10-8-13/h7-10,15,18H,5-6,11-12H2,1-4H3. The summed E-state index contributed by atoms with van der Waals surface area (Å²) in [7, 11) is 1.66. The maximum absolute atomic E-state index is 12.2. The Morgan fingerprint density at radius 3 is 2.59 bits per heavy atom. The third-order valence-corrected chi connectivity index (χ3v) is 3.58. The number of carbonyl (C=O) groups excluding carboxylic acids is 1. The van der Waals surface area contributed by atoms with Crippen LogP contribution >= 0.6 is 0 Å². The Balaban J connectivity index is 1.89. The van der Waals surface area contributed by atoms with Crippen molar-refractivity contribution in [3.63, 3.8) is 0 Å². The van der Waals surface area contributed by atoms with E-state index in [4.69, 9.17) is 9.47 Å². The van der Waals surface area contributed by atoms with Crippen LogP contribution in [0.5, 0.6) is 5.75 Å². The number of hydrogen-bond donors (Lipinski definition) is 1. The van der Waals surface area contributed by atoms with Crippen LogP contribution in [0.25, 0.3) is 0 Å². The van der Waals surface area contributed by atoms with Crippen molar-refractivity contribution in [2.24, 2.45) is 0 Å². The molecule has 1 aliphatic rings. The second-order valence-corrected chi connectivity index (χ2v) is 6.56. The lowest BCUT2D eigenvalue weighted by Gasteiger charge is -2.29. The smallest absolute Gasteiger partial charge is 0.411 e. The number of benzene rings is 1. The number of nitrogens with zero attached hydrogens (tertiary/aromatic N) is 1. The molecular formula is C17H26N2O3. The number of carbonyl (C=O) groups is 1. The first-order valence-electron chi connectivity index (χ1n) is 7.75. The maximum Gasteiger partial charge on any atom is 0.411 e. The first kappa shape index (κ1) is 16.6. The molecule has 5 nitrogen and oxygen atoms in total. The average Bonchev–Trinajstić information content (AvgIpc) is 2.92. The maximum atomic E-state index is 12.2. The molecule has 1 fully saturated rings. The molecular weight excluding hydrogens is 280 g/mol. The van der Waals surface area contributed by atoms with E-state index in [1.165, 1.54) is 0 Å². The van der Waals surface area contributed by atoms with Gasteiger partial charge in [-0.05, 0) is 51.3 Å². The zero-order valence-corrected chi connectivity index (χ0v) is 13.9. The van der Waals surface area contributed by atoms with Crippen molar-refractivity contribution in [1.82, 2.24) is 10.2 Å². The summed E-state index contributed by atoms with van der Waals surface area (Å²) in [6.45, 7) is 7.13. The normalized spacial score (nSPS) is 18.4. The van der Waals surface area contributed by atoms with Crippen molar-refractivity contribution in [3.05, 3.63) is 29.8 Å². The van der Waals surface area contributed by atoms with E-state index in [2.05, 4.69) is 5.32 Å². The molecule has 1 saturated heterocycles. The first-order chi connectivity index (χ1) is 10.4. The predicted octanol–water partition coefficient (Wildman–Crippen LogP) is 3.14. The average molecular weight is 306 g/mol. The van der Waals surface area contributed by atoms with Gasteiger partial charge >= 0.3 is 6.09 Å². The van der Waals surface area contributed by atoms with Crippen LogP contribution in [0.1, 0.15) is 39.2 Å². The van der Waals surface area contributed by atoms with Crippen molar-refractivity contribution in [3.8, 4) is 5.75 Å². The lowest BCUT2D eigenvalue weighted by Crippen LogP contribution is -2.46. The van der Waals surface area contributed by atoms with Crippen LogP contribution < -0.4 is 10.1 Å². The highest BCUT2D eigenvalue weighted by Crippen LogP contribution is 2.20. The molecule has 0 spiro atoms. The van der Waals surface area contributed by atoms with Crippen LogP contribution in [-0.4, -0.2) is 36.4 Å². The molecule has 0 bridgehead atoms. The summed E-state index contributed by atoms with van der Waals surface area (Å²) in [5.41, 5.74) is 0.706. The van der Waals surface area contributed by atoms with E-state index in [1.54, 1.807) is 12.0 Å². The molecule has 0 aromatic heterocycles. The molecule has 1 amide bonds. The quantitative estimate of drug-likeness (QED) is 0.928. The van der Waals surface area contributed by atoms with Gasteiger partial charge in [0.25, 0.3) is 0 Å². The summed E-state index contributed by atoms with van der Waals surface area (Å²) < 4.78 is 10.6. The van der Waals surface area contributed by atoms with Crippen molar-refractivity contribution in [1.29, 1.82) is 0 Å². The molecule has 0 aliphatic carbocycles. The van der Waals surface area contributed by atoms with Gasteiger partial charge in [0.2, 0.25) is 0 Å². The number of hydrogen-bond acceptors (Lipinski definition) is 4. The Hall–Kier alpha value is -1.75. The third-order valence-electron chi connectivity index (χ3n) is 3.58. The second kappa shape index (κ2) is 7.01. The van der Waals surface area contributed by atoms with Gasteiger partial charge in [0.15, 0.2) is 0 Å². The lowest BCUT2D eigenvalue weighted by atomic mass is 10.2. The molecule has 5 heteroatoms. The van der Waals surface area contributed by atoms with E-state index in [9.17, 15) is 4.79 Å². The Morgan fingerprint density at radius 2 is 2.00 bits per heavy atom. The Labute approximate surface area is 132 Å². The summed E-state index contributed by atoms with van der Waals surface area (Å²) in [4.78, 5) is 14.0. The number of likely N-dealkylation sites (tertiary alicyclic amines) is 1. The van der Waals surface area contributed by atoms with Crippen LogP contribution in [0, 0.1) is 0 Å². The molecule has 1 atom stereocenters. The topological polar surface area (TPSA) is 50.8 Å². The molecule has 1 unspecified atom stereocenters. The van der Waals surface area contributed by atoms with Gasteiger partial charge in [-0.1, -0.05) is 12.1 Å². The largest absolute Gasteiger partial charge is 0.497 e. The van der Waals surface area contributed by atoms with Crippen LogP contribution in [-0.2, 0) is 11.3 Å². The monoisotopic (exact) mass is 306 g/mol. The fourth-order valence-corrected chi connectivity index (χ4v) is 2.50. The number of amides is 1. The van der Waals surface area contributed by atoms with Crippen molar-refractivity contribution >= 4 is 6.09 Å². The van der Waals surface area contributed by atoms with Crippen LogP contribution in [0.3, 0.4) is 0 Å². The van der Waals surface area contributed by atoms with Crippen molar-refractivity contribution in [2.75, 3.05) is 13.7 Å². The van der Waals surface area contributed by atoms with Gasteiger partial charge in [-0.15, -0.1) is 0 Å². The zero-order valence-electron chi connectivity index (χ0n) is 13.9. The van der Waals surface area contributed by atoms with E-state index in [0.29, 0.717) is 6.54 Å². The van der Waals surface area contributed by atoms with Crippen LogP contribution in [0.15, 0.2) is 24.3 Å². The highest BCUT2D eigenvalue weighted by atomic mass is 16.6. The predicted molar refractivity (Wildman–Crippen MR) is 85.8 cm³/mol. The molecule has 1 aliphatic heterocycles. The molecule has 1 heterocycles. The van der Waals surface area contributed by atoms with Gasteiger partial charge in [0.05, 0.1) is 13.3 Å². The van der Waals surface area contributed by atoms with E-state index >= 15 is 0 Å². The minimum Gasteiger partial charge on any atom is -0.497 e. The Bertz CT molecular complexity index is 494. The Kier molecular flexibility index (Phi) is 5.29. The van der Waals surface area contributed by atoms with Crippen LogP contribution in [0.4, 0.5) is 4.79 Å². The number of rotatable bonds is 4. The SMILES string of the molecule is COc1ccc(CNC2CCCN2C(=O)OC(C)(C)C)cc1. The summed E-state index contributed by atoms with van der Waals surface area (Å²) in [6, 6.07) is 7.94. The Morgan fingerprint density at radius 1 is 1.32 bits per heavy atom. The van der Waals surface area contributed by atoms with E-state index in [0.717, 1.165) is 30.7 Å². The lowest BCUT2D eigenvalue weighted by molar-refractivity contribution is 0.0198. The van der Waals surface area contributed by atoms with Gasteiger partial charge in [0.1, 0.15) is 11.4 Å². The highest BCUT2D eigenvalue weighted by Gasteiger charge is 2.31. The minimum absolute atomic E-state index is 0.0388. The summed E-state index contributed by atoms with van der Waals surface area (Å²) in [5, 5.41) is 3.44. The van der Waals surface area contributed by atoms with Gasteiger partial charge in [-0.3, -0.25) is 10.2 Å². The molecule has 22 heavy (non-hydrogen) atoms. The van der Waals surface area contributed by atoms with Gasteiger partial charge in [-0.2, -0.15) is 0 Å². The molecule has 2 rings (SSSR count). The third kappa shape index (κ3) is 4.63. The molecule has 1 N–H and O–H groups in total. The van der Waals surface area contributed by atoms with Crippen LogP contribution in [0.2, 0.25) is 0 Å². The molecule has 1 aromatic carbocycles. The van der Waals surface area contributed by atoms with Crippen molar-refractivity contribution in [2.45, 2.75) is 51.9 Å². The van der Waals surface area contributed by atoms with Gasteiger partial charge in [0, 0.05) is 13.1 Å². The fraction of sp³-hybridized carbons (Fsp3) is 0.588.